The molecule has 3 rings (SSSR count). The van der Waals surface area contributed by atoms with E-state index in [1.54, 1.807) is 11.3 Å². The molecule has 0 amide bonds. The first-order chi connectivity index (χ1) is 9.74. The van der Waals surface area contributed by atoms with Gasteiger partial charge in [-0.1, -0.05) is 19.3 Å². The van der Waals surface area contributed by atoms with E-state index in [1.807, 2.05) is 11.6 Å². The van der Waals surface area contributed by atoms with Gasteiger partial charge < -0.3 is 9.88 Å². The van der Waals surface area contributed by atoms with Crippen LogP contribution < -0.4 is 5.32 Å². The van der Waals surface area contributed by atoms with E-state index in [-0.39, 0.29) is 6.04 Å². The molecule has 0 spiro atoms. The summed E-state index contributed by atoms with van der Waals surface area (Å²) < 4.78 is 2.35. The Hall–Kier alpha value is -1.36. The SMILES string of the molecule is Cc1cn(C2CCCCC2)c(NC(C)c2nccs2)n1. The summed E-state index contributed by atoms with van der Waals surface area (Å²) in [6.07, 6.45) is 10.6. The van der Waals surface area contributed by atoms with E-state index >= 15 is 0 Å². The van der Waals surface area contributed by atoms with Crippen LogP contribution in [0.15, 0.2) is 17.8 Å². The number of nitrogens with zero attached hydrogens (tertiary/aromatic N) is 3. The largest absolute Gasteiger partial charge is 0.347 e. The van der Waals surface area contributed by atoms with E-state index in [9.17, 15) is 0 Å². The Kier molecular flexibility index (Phi) is 4.05. The van der Waals surface area contributed by atoms with Crippen molar-refractivity contribution in [1.82, 2.24) is 14.5 Å². The number of nitrogens with one attached hydrogen (secondary N) is 1. The first-order valence-corrected chi connectivity index (χ1v) is 8.33. The quantitative estimate of drug-likeness (QED) is 0.911. The van der Waals surface area contributed by atoms with Gasteiger partial charge in [0.05, 0.1) is 11.7 Å². The van der Waals surface area contributed by atoms with Crippen LogP contribution in [0.3, 0.4) is 0 Å². The molecule has 2 aromatic rings. The smallest absolute Gasteiger partial charge is 0.203 e. The van der Waals surface area contributed by atoms with Crippen molar-refractivity contribution in [1.29, 1.82) is 0 Å². The van der Waals surface area contributed by atoms with Crippen LogP contribution in [0.5, 0.6) is 0 Å². The van der Waals surface area contributed by atoms with Gasteiger partial charge in [-0.05, 0) is 26.7 Å². The Balaban J connectivity index is 1.78. The van der Waals surface area contributed by atoms with E-state index in [0.29, 0.717) is 6.04 Å². The highest BCUT2D eigenvalue weighted by Gasteiger charge is 2.20. The molecule has 0 aliphatic heterocycles. The Bertz CT molecular complexity index is 540. The summed E-state index contributed by atoms with van der Waals surface area (Å²) in [6, 6.07) is 0.815. The van der Waals surface area contributed by atoms with Gasteiger partial charge in [0.2, 0.25) is 5.95 Å². The van der Waals surface area contributed by atoms with Gasteiger partial charge in [-0.25, -0.2) is 9.97 Å². The number of hydrogen-bond acceptors (Lipinski definition) is 4. The maximum Gasteiger partial charge on any atom is 0.203 e. The monoisotopic (exact) mass is 290 g/mol. The third-order valence-corrected chi connectivity index (χ3v) is 4.95. The first-order valence-electron chi connectivity index (χ1n) is 7.45. The molecular weight excluding hydrogens is 268 g/mol. The third-order valence-electron chi connectivity index (χ3n) is 3.99. The molecule has 1 saturated carbocycles. The van der Waals surface area contributed by atoms with Crippen molar-refractivity contribution in [3.8, 4) is 0 Å². The highest BCUT2D eigenvalue weighted by molar-refractivity contribution is 7.09. The molecule has 0 bridgehead atoms. The number of rotatable bonds is 4. The average Bonchev–Trinajstić information content (AvgIpc) is 3.09. The fourth-order valence-corrected chi connectivity index (χ4v) is 3.61. The summed E-state index contributed by atoms with van der Waals surface area (Å²) in [6.45, 7) is 4.21. The van der Waals surface area contributed by atoms with Gasteiger partial charge in [-0.2, -0.15) is 0 Å². The fraction of sp³-hybridized carbons (Fsp3) is 0.600. The van der Waals surface area contributed by atoms with Crippen LogP contribution in [0.1, 0.15) is 61.8 Å². The molecule has 20 heavy (non-hydrogen) atoms. The second kappa shape index (κ2) is 5.95. The minimum atomic E-state index is 0.208. The fourth-order valence-electron chi connectivity index (χ4n) is 2.96. The van der Waals surface area contributed by atoms with Crippen molar-refractivity contribution in [3.63, 3.8) is 0 Å². The second-order valence-electron chi connectivity index (χ2n) is 5.64. The molecule has 0 saturated heterocycles. The molecule has 1 atom stereocenters. The number of anilines is 1. The Labute approximate surface area is 124 Å². The molecule has 1 unspecified atom stereocenters. The molecule has 2 aromatic heterocycles. The predicted molar refractivity (Wildman–Crippen MR) is 83.2 cm³/mol. The number of aromatic nitrogens is 3. The lowest BCUT2D eigenvalue weighted by molar-refractivity contribution is 0.355. The van der Waals surface area contributed by atoms with Crippen LogP contribution in [-0.4, -0.2) is 14.5 Å². The van der Waals surface area contributed by atoms with Crippen molar-refractivity contribution >= 4 is 17.3 Å². The number of aryl methyl sites for hydroxylation is 1. The molecule has 1 aliphatic carbocycles. The van der Waals surface area contributed by atoms with Gasteiger partial charge in [0.1, 0.15) is 5.01 Å². The minimum absolute atomic E-state index is 0.208. The average molecular weight is 290 g/mol. The molecule has 1 N–H and O–H groups in total. The third kappa shape index (κ3) is 2.87. The van der Waals surface area contributed by atoms with Gasteiger partial charge in [-0.3, -0.25) is 0 Å². The molecule has 108 valence electrons. The lowest BCUT2D eigenvalue weighted by Crippen LogP contribution is -2.17. The summed E-state index contributed by atoms with van der Waals surface area (Å²) >= 11 is 1.69. The molecule has 0 radical (unpaired) electrons. The van der Waals surface area contributed by atoms with Crippen LogP contribution in [0.25, 0.3) is 0 Å². The Morgan fingerprint density at radius 2 is 2.15 bits per heavy atom. The molecular formula is C15H22N4S. The zero-order valence-corrected chi connectivity index (χ0v) is 13.0. The maximum absolute atomic E-state index is 4.66. The minimum Gasteiger partial charge on any atom is -0.347 e. The Morgan fingerprint density at radius 3 is 2.85 bits per heavy atom. The molecule has 1 aliphatic rings. The van der Waals surface area contributed by atoms with E-state index in [0.717, 1.165) is 16.6 Å². The molecule has 4 nitrogen and oxygen atoms in total. The highest BCUT2D eigenvalue weighted by Crippen LogP contribution is 2.32. The van der Waals surface area contributed by atoms with Crippen LogP contribution in [0.2, 0.25) is 0 Å². The summed E-state index contributed by atoms with van der Waals surface area (Å²) in [5.41, 5.74) is 1.09. The summed E-state index contributed by atoms with van der Waals surface area (Å²) in [5.74, 6) is 0.997. The van der Waals surface area contributed by atoms with Crippen molar-refractivity contribution in [2.75, 3.05) is 5.32 Å². The molecule has 2 heterocycles. The summed E-state index contributed by atoms with van der Waals surface area (Å²) in [5, 5.41) is 6.66. The van der Waals surface area contributed by atoms with E-state index in [4.69, 9.17) is 0 Å². The van der Waals surface area contributed by atoms with Crippen LogP contribution >= 0.6 is 11.3 Å². The Morgan fingerprint density at radius 1 is 1.35 bits per heavy atom. The van der Waals surface area contributed by atoms with Gasteiger partial charge in [0, 0.05) is 23.8 Å². The lowest BCUT2D eigenvalue weighted by Gasteiger charge is -2.25. The van der Waals surface area contributed by atoms with Crippen LogP contribution in [0, 0.1) is 6.92 Å². The van der Waals surface area contributed by atoms with E-state index in [2.05, 4.69) is 39.9 Å². The number of thiazole rings is 1. The zero-order chi connectivity index (χ0) is 13.9. The van der Waals surface area contributed by atoms with Gasteiger partial charge in [-0.15, -0.1) is 11.3 Å². The molecule has 5 heteroatoms. The first kappa shape index (κ1) is 13.6. The highest BCUT2D eigenvalue weighted by atomic mass is 32.1. The second-order valence-corrected chi connectivity index (χ2v) is 6.57. The van der Waals surface area contributed by atoms with Crippen molar-refractivity contribution in [3.05, 3.63) is 28.5 Å². The maximum atomic E-state index is 4.66. The van der Waals surface area contributed by atoms with Crippen molar-refractivity contribution < 1.29 is 0 Å². The summed E-state index contributed by atoms with van der Waals surface area (Å²) in [4.78, 5) is 9.04. The van der Waals surface area contributed by atoms with Crippen LogP contribution in [-0.2, 0) is 0 Å². The number of hydrogen-bond donors (Lipinski definition) is 1. The van der Waals surface area contributed by atoms with E-state index < -0.39 is 0 Å². The lowest BCUT2D eigenvalue weighted by atomic mass is 9.95. The molecule has 1 fully saturated rings. The van der Waals surface area contributed by atoms with E-state index in [1.165, 1.54) is 32.1 Å². The van der Waals surface area contributed by atoms with Gasteiger partial charge in [0.25, 0.3) is 0 Å². The predicted octanol–water partition coefficient (Wildman–Crippen LogP) is 4.33. The van der Waals surface area contributed by atoms with Gasteiger partial charge >= 0.3 is 0 Å². The topological polar surface area (TPSA) is 42.7 Å². The standard InChI is InChI=1S/C15H22N4S/c1-11-10-19(13-6-4-3-5-7-13)15(17-11)18-12(2)14-16-8-9-20-14/h8-10,12-13H,3-7H2,1-2H3,(H,17,18). The van der Waals surface area contributed by atoms with Crippen molar-refractivity contribution in [2.45, 2.75) is 58.0 Å². The van der Waals surface area contributed by atoms with Crippen LogP contribution in [0.4, 0.5) is 5.95 Å². The normalized spacial score (nSPS) is 18.1. The molecule has 0 aromatic carbocycles. The number of imidazole rings is 1. The summed E-state index contributed by atoms with van der Waals surface area (Å²) in [7, 11) is 0. The zero-order valence-electron chi connectivity index (χ0n) is 12.2. The van der Waals surface area contributed by atoms with Gasteiger partial charge in [0.15, 0.2) is 0 Å². The van der Waals surface area contributed by atoms with Crippen molar-refractivity contribution in [2.24, 2.45) is 0 Å².